The van der Waals surface area contributed by atoms with E-state index in [0.717, 1.165) is 30.0 Å². The molecule has 1 aromatic carbocycles. The van der Waals surface area contributed by atoms with Gasteiger partial charge in [0.25, 0.3) is 5.91 Å². The van der Waals surface area contributed by atoms with E-state index in [2.05, 4.69) is 0 Å². The molecule has 1 aliphatic heterocycles. The van der Waals surface area contributed by atoms with Crippen molar-refractivity contribution in [3.05, 3.63) is 35.0 Å². The van der Waals surface area contributed by atoms with Crippen molar-refractivity contribution in [1.29, 1.82) is 0 Å². The Kier molecular flexibility index (Phi) is 3.72. The summed E-state index contributed by atoms with van der Waals surface area (Å²) in [5.41, 5.74) is 1.65. The molecule has 3 rings (SSSR count). The van der Waals surface area contributed by atoms with E-state index in [1.807, 2.05) is 40.8 Å². The summed E-state index contributed by atoms with van der Waals surface area (Å²) in [6, 6.07) is 7.50. The summed E-state index contributed by atoms with van der Waals surface area (Å²) in [4.78, 5) is 25.3. The third-order valence-electron chi connectivity index (χ3n) is 4.24. The number of fused-ring (bicyclic) bond motifs is 1. The van der Waals surface area contributed by atoms with Crippen molar-refractivity contribution in [3.8, 4) is 0 Å². The second-order valence-electron chi connectivity index (χ2n) is 5.56. The number of carbonyl (C=O) groups is 2. The highest BCUT2D eigenvalue weighted by molar-refractivity contribution is 6.31. The number of piperidine rings is 1. The largest absolute Gasteiger partial charge is 0.340 e. The molecule has 1 aromatic heterocycles. The maximum Gasteiger partial charge on any atom is 0.270 e. The smallest absolute Gasteiger partial charge is 0.270 e. The first-order valence-electron chi connectivity index (χ1n) is 7.09. The summed E-state index contributed by atoms with van der Waals surface area (Å²) in [6.45, 7) is 1.29. The molecule has 1 aliphatic rings. The Labute approximate surface area is 128 Å². The highest BCUT2D eigenvalue weighted by Crippen LogP contribution is 2.24. The molecule has 110 valence electrons. The van der Waals surface area contributed by atoms with Gasteiger partial charge in [-0.25, -0.2) is 0 Å². The van der Waals surface area contributed by atoms with Crippen LogP contribution in [0.25, 0.3) is 10.9 Å². The predicted molar refractivity (Wildman–Crippen MR) is 82.6 cm³/mol. The predicted octanol–water partition coefficient (Wildman–Crippen LogP) is 2.88. The van der Waals surface area contributed by atoms with E-state index in [1.165, 1.54) is 0 Å². The number of halogens is 1. The topological polar surface area (TPSA) is 42.3 Å². The maximum atomic E-state index is 12.7. The van der Waals surface area contributed by atoms with Gasteiger partial charge in [0.2, 0.25) is 0 Å². The molecule has 0 spiro atoms. The van der Waals surface area contributed by atoms with E-state index >= 15 is 0 Å². The van der Waals surface area contributed by atoms with Gasteiger partial charge in [0.05, 0.1) is 0 Å². The molecule has 2 heterocycles. The lowest BCUT2D eigenvalue weighted by molar-refractivity contribution is -0.112. The summed E-state index contributed by atoms with van der Waals surface area (Å²) in [6.07, 6.45) is 2.51. The van der Waals surface area contributed by atoms with Gasteiger partial charge in [-0.05, 0) is 37.1 Å². The van der Waals surface area contributed by atoms with E-state index < -0.39 is 0 Å². The van der Waals surface area contributed by atoms with Crippen LogP contribution in [0.1, 0.15) is 23.3 Å². The number of likely N-dealkylation sites (tertiary alicyclic amines) is 1. The van der Waals surface area contributed by atoms with Gasteiger partial charge in [-0.15, -0.1) is 0 Å². The number of amides is 1. The van der Waals surface area contributed by atoms with Crippen molar-refractivity contribution in [3.63, 3.8) is 0 Å². The van der Waals surface area contributed by atoms with Gasteiger partial charge in [0.1, 0.15) is 12.0 Å². The molecular formula is C16H17ClN2O2. The third kappa shape index (κ3) is 2.56. The standard InChI is InChI=1S/C16H17ClN2O2/c1-18-14-3-2-13(17)8-12(14)9-15(18)16(21)19-6-4-11(10-20)5-7-19/h2-3,8-11H,4-7H2,1H3. The number of rotatable bonds is 2. The van der Waals surface area contributed by atoms with Crippen LogP contribution >= 0.6 is 11.6 Å². The number of carbonyl (C=O) groups excluding carboxylic acids is 2. The minimum atomic E-state index is 0.0224. The molecule has 4 nitrogen and oxygen atoms in total. The van der Waals surface area contributed by atoms with Crippen LogP contribution in [0.3, 0.4) is 0 Å². The zero-order valence-electron chi connectivity index (χ0n) is 11.9. The first-order chi connectivity index (χ1) is 10.1. The summed E-state index contributed by atoms with van der Waals surface area (Å²) >= 11 is 6.00. The summed E-state index contributed by atoms with van der Waals surface area (Å²) in [7, 11) is 1.89. The highest BCUT2D eigenvalue weighted by atomic mass is 35.5. The third-order valence-corrected chi connectivity index (χ3v) is 4.48. The molecule has 21 heavy (non-hydrogen) atoms. The number of benzene rings is 1. The average molecular weight is 305 g/mol. The molecule has 0 atom stereocenters. The van der Waals surface area contributed by atoms with E-state index in [0.29, 0.717) is 23.8 Å². The zero-order chi connectivity index (χ0) is 15.0. The van der Waals surface area contributed by atoms with Crippen LogP contribution < -0.4 is 0 Å². The van der Waals surface area contributed by atoms with Crippen LogP contribution in [0.15, 0.2) is 24.3 Å². The van der Waals surface area contributed by atoms with Crippen molar-refractivity contribution in [2.24, 2.45) is 13.0 Å². The fourth-order valence-corrected chi connectivity index (χ4v) is 3.11. The van der Waals surface area contributed by atoms with Gasteiger partial charge in [0, 0.05) is 42.0 Å². The Morgan fingerprint density at radius 2 is 2.00 bits per heavy atom. The minimum Gasteiger partial charge on any atom is -0.340 e. The lowest BCUT2D eigenvalue weighted by atomic mass is 9.98. The van der Waals surface area contributed by atoms with Crippen molar-refractivity contribution >= 4 is 34.7 Å². The van der Waals surface area contributed by atoms with Crippen LogP contribution in [0.2, 0.25) is 5.02 Å². The molecule has 1 saturated heterocycles. The Hall–Kier alpha value is -1.81. The lowest BCUT2D eigenvalue weighted by Gasteiger charge is -2.29. The molecule has 0 saturated carbocycles. The molecule has 5 heteroatoms. The van der Waals surface area contributed by atoms with Crippen LogP contribution in [-0.4, -0.2) is 34.7 Å². The number of nitrogens with zero attached hydrogens (tertiary/aromatic N) is 2. The first-order valence-corrected chi connectivity index (χ1v) is 7.47. The average Bonchev–Trinajstić information content (AvgIpc) is 2.83. The fourth-order valence-electron chi connectivity index (χ4n) is 2.93. The van der Waals surface area contributed by atoms with Crippen LogP contribution in [0.4, 0.5) is 0 Å². The zero-order valence-corrected chi connectivity index (χ0v) is 12.6. The van der Waals surface area contributed by atoms with E-state index in [-0.39, 0.29) is 11.8 Å². The summed E-state index contributed by atoms with van der Waals surface area (Å²) in [5, 5.41) is 1.63. The van der Waals surface area contributed by atoms with Crippen LogP contribution in [-0.2, 0) is 11.8 Å². The van der Waals surface area contributed by atoms with Crippen molar-refractivity contribution in [1.82, 2.24) is 9.47 Å². The molecular weight excluding hydrogens is 288 g/mol. The van der Waals surface area contributed by atoms with Gasteiger partial charge in [-0.3, -0.25) is 4.79 Å². The van der Waals surface area contributed by atoms with E-state index in [1.54, 1.807) is 0 Å². The van der Waals surface area contributed by atoms with Crippen molar-refractivity contribution < 1.29 is 9.59 Å². The van der Waals surface area contributed by atoms with Gasteiger partial charge >= 0.3 is 0 Å². The van der Waals surface area contributed by atoms with Crippen molar-refractivity contribution in [2.45, 2.75) is 12.8 Å². The Bertz CT molecular complexity index is 700. The molecule has 0 radical (unpaired) electrons. The molecule has 0 N–H and O–H groups in total. The molecule has 0 bridgehead atoms. The molecule has 0 unspecified atom stereocenters. The molecule has 0 aliphatic carbocycles. The van der Waals surface area contributed by atoms with Gasteiger partial charge in [-0.1, -0.05) is 11.6 Å². The Balaban J connectivity index is 1.88. The van der Waals surface area contributed by atoms with Crippen LogP contribution in [0.5, 0.6) is 0 Å². The Morgan fingerprint density at radius 3 is 2.67 bits per heavy atom. The molecule has 1 fully saturated rings. The number of hydrogen-bond acceptors (Lipinski definition) is 2. The molecule has 2 aromatic rings. The van der Waals surface area contributed by atoms with E-state index in [4.69, 9.17) is 11.6 Å². The number of hydrogen-bond donors (Lipinski definition) is 0. The monoisotopic (exact) mass is 304 g/mol. The van der Waals surface area contributed by atoms with E-state index in [9.17, 15) is 9.59 Å². The van der Waals surface area contributed by atoms with Gasteiger partial charge in [-0.2, -0.15) is 0 Å². The number of aromatic nitrogens is 1. The van der Waals surface area contributed by atoms with Gasteiger partial charge < -0.3 is 14.3 Å². The minimum absolute atomic E-state index is 0.0224. The SMILES string of the molecule is Cn1c(C(=O)N2CCC(C=O)CC2)cc2cc(Cl)ccc21. The summed E-state index contributed by atoms with van der Waals surface area (Å²) < 4.78 is 1.90. The number of aldehydes is 1. The molecule has 1 amide bonds. The second kappa shape index (κ2) is 5.53. The van der Waals surface area contributed by atoms with Gasteiger partial charge in [0.15, 0.2) is 0 Å². The maximum absolute atomic E-state index is 12.7. The number of aryl methyl sites for hydroxylation is 1. The first kappa shape index (κ1) is 14.1. The fraction of sp³-hybridized carbons (Fsp3) is 0.375. The Morgan fingerprint density at radius 1 is 1.29 bits per heavy atom. The van der Waals surface area contributed by atoms with Crippen molar-refractivity contribution in [2.75, 3.05) is 13.1 Å². The summed E-state index contributed by atoms with van der Waals surface area (Å²) in [5.74, 6) is 0.120. The highest BCUT2D eigenvalue weighted by Gasteiger charge is 2.25. The lowest BCUT2D eigenvalue weighted by Crippen LogP contribution is -2.39. The normalized spacial score (nSPS) is 16.4. The quantitative estimate of drug-likeness (QED) is 0.801. The second-order valence-corrected chi connectivity index (χ2v) is 5.99. The van der Waals surface area contributed by atoms with Crippen LogP contribution in [0, 0.1) is 5.92 Å².